The van der Waals surface area contributed by atoms with E-state index in [1.807, 2.05) is 0 Å². The van der Waals surface area contributed by atoms with Crippen molar-refractivity contribution in [3.63, 3.8) is 0 Å². The van der Waals surface area contributed by atoms with E-state index < -0.39 is 5.97 Å². The predicted molar refractivity (Wildman–Crippen MR) is 68.9 cm³/mol. The SMILES string of the molecule is Cc1cc(C)c2c(c1)CN(CCC(=O)O)CCO2. The lowest BCUT2D eigenvalue weighted by molar-refractivity contribution is -0.137. The molecule has 18 heavy (non-hydrogen) atoms. The molecule has 1 aliphatic heterocycles. The summed E-state index contributed by atoms with van der Waals surface area (Å²) in [6, 6.07) is 4.24. The summed E-state index contributed by atoms with van der Waals surface area (Å²) in [6.45, 7) is 6.87. The van der Waals surface area contributed by atoms with E-state index >= 15 is 0 Å². The molecule has 2 rings (SSSR count). The maximum atomic E-state index is 10.6. The Hall–Kier alpha value is -1.55. The lowest BCUT2D eigenvalue weighted by atomic mass is 10.1. The summed E-state index contributed by atoms with van der Waals surface area (Å²) in [6.07, 6.45) is 0.181. The molecule has 1 aliphatic rings. The summed E-state index contributed by atoms with van der Waals surface area (Å²) in [7, 11) is 0. The molecule has 0 saturated carbocycles. The number of fused-ring (bicyclic) bond motifs is 1. The lowest BCUT2D eigenvalue weighted by Gasteiger charge is -2.18. The van der Waals surface area contributed by atoms with Crippen LogP contribution in [0.3, 0.4) is 0 Å². The maximum Gasteiger partial charge on any atom is 0.304 e. The van der Waals surface area contributed by atoms with Gasteiger partial charge in [0.25, 0.3) is 0 Å². The first kappa shape index (κ1) is 12.9. The zero-order chi connectivity index (χ0) is 13.1. The summed E-state index contributed by atoms with van der Waals surface area (Å²) in [5, 5.41) is 8.74. The highest BCUT2D eigenvalue weighted by molar-refractivity contribution is 5.66. The van der Waals surface area contributed by atoms with Crippen LogP contribution in [-0.2, 0) is 11.3 Å². The van der Waals surface area contributed by atoms with Gasteiger partial charge in [0.1, 0.15) is 12.4 Å². The Morgan fingerprint density at radius 2 is 2.22 bits per heavy atom. The van der Waals surface area contributed by atoms with E-state index in [2.05, 4.69) is 30.9 Å². The molecule has 0 amide bonds. The Morgan fingerprint density at radius 3 is 2.94 bits per heavy atom. The Kier molecular flexibility index (Phi) is 3.87. The van der Waals surface area contributed by atoms with Crippen LogP contribution in [0.5, 0.6) is 5.75 Å². The van der Waals surface area contributed by atoms with Crippen molar-refractivity contribution in [2.24, 2.45) is 0 Å². The van der Waals surface area contributed by atoms with Crippen LogP contribution >= 0.6 is 0 Å². The fraction of sp³-hybridized carbons (Fsp3) is 0.500. The molecule has 0 radical (unpaired) electrons. The van der Waals surface area contributed by atoms with E-state index in [-0.39, 0.29) is 6.42 Å². The number of hydrogen-bond donors (Lipinski definition) is 1. The Morgan fingerprint density at radius 1 is 1.44 bits per heavy atom. The van der Waals surface area contributed by atoms with Crippen molar-refractivity contribution in [3.05, 3.63) is 28.8 Å². The zero-order valence-electron chi connectivity index (χ0n) is 10.9. The van der Waals surface area contributed by atoms with Crippen LogP contribution in [0, 0.1) is 13.8 Å². The van der Waals surface area contributed by atoms with Gasteiger partial charge in [-0.2, -0.15) is 0 Å². The van der Waals surface area contributed by atoms with Crippen LogP contribution in [0.15, 0.2) is 12.1 Å². The number of benzene rings is 1. The lowest BCUT2D eigenvalue weighted by Crippen LogP contribution is -2.28. The normalized spacial score (nSPS) is 15.7. The monoisotopic (exact) mass is 249 g/mol. The molecule has 4 heteroatoms. The van der Waals surface area contributed by atoms with Gasteiger partial charge >= 0.3 is 5.97 Å². The molecule has 0 bridgehead atoms. The number of carboxylic acid groups (broad SMARTS) is 1. The van der Waals surface area contributed by atoms with Gasteiger partial charge in [0, 0.05) is 25.2 Å². The van der Waals surface area contributed by atoms with Crippen molar-refractivity contribution < 1.29 is 14.6 Å². The van der Waals surface area contributed by atoms with Gasteiger partial charge < -0.3 is 9.84 Å². The van der Waals surface area contributed by atoms with Gasteiger partial charge in [-0.3, -0.25) is 9.69 Å². The fourth-order valence-corrected chi connectivity index (χ4v) is 2.41. The third-order valence-corrected chi connectivity index (χ3v) is 3.19. The van der Waals surface area contributed by atoms with Crippen LogP contribution in [0.1, 0.15) is 23.1 Å². The number of aliphatic carboxylic acids is 1. The van der Waals surface area contributed by atoms with Gasteiger partial charge in [-0.25, -0.2) is 0 Å². The second-order valence-electron chi connectivity index (χ2n) is 4.84. The molecule has 0 saturated heterocycles. The minimum absolute atomic E-state index is 0.181. The van der Waals surface area contributed by atoms with Crippen molar-refractivity contribution in [1.82, 2.24) is 4.90 Å². The molecule has 1 aromatic rings. The van der Waals surface area contributed by atoms with Crippen LogP contribution in [0.4, 0.5) is 0 Å². The molecule has 0 aliphatic carbocycles. The molecule has 0 aromatic heterocycles. The second kappa shape index (κ2) is 5.40. The second-order valence-corrected chi connectivity index (χ2v) is 4.84. The molecule has 1 N–H and O–H groups in total. The highest BCUT2D eigenvalue weighted by atomic mass is 16.5. The molecule has 0 fully saturated rings. The smallest absolute Gasteiger partial charge is 0.304 e. The summed E-state index contributed by atoms with van der Waals surface area (Å²) in [4.78, 5) is 12.8. The number of rotatable bonds is 3. The third kappa shape index (κ3) is 3.01. The average molecular weight is 249 g/mol. The minimum atomic E-state index is -0.749. The predicted octanol–water partition coefficient (Wildman–Crippen LogP) is 1.97. The van der Waals surface area contributed by atoms with Crippen LogP contribution in [0.2, 0.25) is 0 Å². The largest absolute Gasteiger partial charge is 0.492 e. The number of carboxylic acids is 1. The highest BCUT2D eigenvalue weighted by Gasteiger charge is 2.17. The number of aryl methyl sites for hydroxylation is 2. The first-order valence-electron chi connectivity index (χ1n) is 6.23. The third-order valence-electron chi connectivity index (χ3n) is 3.19. The maximum absolute atomic E-state index is 10.6. The van der Waals surface area contributed by atoms with E-state index in [4.69, 9.17) is 9.84 Å². The highest BCUT2D eigenvalue weighted by Crippen LogP contribution is 2.28. The zero-order valence-corrected chi connectivity index (χ0v) is 10.9. The van der Waals surface area contributed by atoms with Crippen molar-refractivity contribution in [1.29, 1.82) is 0 Å². The van der Waals surface area contributed by atoms with Gasteiger partial charge in [0.15, 0.2) is 0 Å². The number of ether oxygens (including phenoxy) is 1. The van der Waals surface area contributed by atoms with Crippen molar-refractivity contribution >= 4 is 5.97 Å². The summed E-state index contributed by atoms with van der Waals surface area (Å²) in [5.41, 5.74) is 3.54. The molecule has 1 heterocycles. The summed E-state index contributed by atoms with van der Waals surface area (Å²) >= 11 is 0. The van der Waals surface area contributed by atoms with E-state index in [0.29, 0.717) is 13.2 Å². The van der Waals surface area contributed by atoms with Crippen LogP contribution < -0.4 is 4.74 Å². The molecule has 1 aromatic carbocycles. The van der Waals surface area contributed by atoms with E-state index in [1.54, 1.807) is 0 Å². The van der Waals surface area contributed by atoms with Gasteiger partial charge in [-0.1, -0.05) is 17.7 Å². The first-order chi connectivity index (χ1) is 8.56. The van der Waals surface area contributed by atoms with Gasteiger partial charge in [-0.05, 0) is 19.4 Å². The fourth-order valence-electron chi connectivity index (χ4n) is 2.41. The molecule has 98 valence electrons. The van der Waals surface area contributed by atoms with Crippen LogP contribution in [0.25, 0.3) is 0 Å². The molecule has 4 nitrogen and oxygen atoms in total. The Labute approximate surface area is 107 Å². The molecular formula is C14H19NO3. The molecular weight excluding hydrogens is 230 g/mol. The quantitative estimate of drug-likeness (QED) is 0.889. The Balaban J connectivity index is 2.16. The topological polar surface area (TPSA) is 49.8 Å². The molecule has 0 atom stereocenters. The summed E-state index contributed by atoms with van der Waals surface area (Å²) in [5.74, 6) is 0.222. The number of hydrogen-bond acceptors (Lipinski definition) is 3. The van der Waals surface area contributed by atoms with E-state index in [1.165, 1.54) is 5.56 Å². The number of carbonyl (C=O) groups is 1. The Bertz CT molecular complexity index is 457. The molecule has 0 unspecified atom stereocenters. The minimum Gasteiger partial charge on any atom is -0.492 e. The van der Waals surface area contributed by atoms with Gasteiger partial charge in [-0.15, -0.1) is 0 Å². The van der Waals surface area contributed by atoms with Crippen molar-refractivity contribution in [3.8, 4) is 5.75 Å². The van der Waals surface area contributed by atoms with E-state index in [9.17, 15) is 4.79 Å². The standard InChI is InChI=1S/C14H19NO3/c1-10-7-11(2)14-12(8-10)9-15(5-6-18-14)4-3-13(16)17/h7-8H,3-6,9H2,1-2H3,(H,16,17). The van der Waals surface area contributed by atoms with Crippen molar-refractivity contribution in [2.45, 2.75) is 26.8 Å². The average Bonchev–Trinajstić information content (AvgIpc) is 2.48. The van der Waals surface area contributed by atoms with Crippen LogP contribution in [-0.4, -0.2) is 35.7 Å². The number of nitrogens with zero attached hydrogens (tertiary/aromatic N) is 1. The van der Waals surface area contributed by atoms with Crippen molar-refractivity contribution in [2.75, 3.05) is 19.7 Å². The first-order valence-corrected chi connectivity index (χ1v) is 6.23. The van der Waals surface area contributed by atoms with Gasteiger partial charge in [0.2, 0.25) is 0 Å². The molecule has 0 spiro atoms. The van der Waals surface area contributed by atoms with Gasteiger partial charge in [0.05, 0.1) is 6.42 Å². The van der Waals surface area contributed by atoms with E-state index in [0.717, 1.165) is 30.0 Å². The summed E-state index contributed by atoms with van der Waals surface area (Å²) < 4.78 is 5.78.